The van der Waals surface area contributed by atoms with E-state index < -0.39 is 0 Å². The van der Waals surface area contributed by atoms with Crippen molar-refractivity contribution in [1.29, 1.82) is 0 Å². The van der Waals surface area contributed by atoms with Gasteiger partial charge in [-0.2, -0.15) is 0 Å². The summed E-state index contributed by atoms with van der Waals surface area (Å²) >= 11 is 0. The summed E-state index contributed by atoms with van der Waals surface area (Å²) in [5.41, 5.74) is 0. The van der Waals surface area contributed by atoms with Crippen molar-refractivity contribution in [1.82, 2.24) is 9.80 Å². The molecule has 0 aromatic heterocycles. The van der Waals surface area contributed by atoms with E-state index in [4.69, 9.17) is 0 Å². The Labute approximate surface area is 125 Å². The zero-order valence-corrected chi connectivity index (χ0v) is 12.7. The maximum absolute atomic E-state index is 13.0. The minimum Gasteiger partial charge on any atom is -0.329 e. The molecule has 2 aliphatic heterocycles. The predicted molar refractivity (Wildman–Crippen MR) is 77.3 cm³/mol. The average molecular weight is 288 g/mol. The Morgan fingerprint density at radius 3 is 2.43 bits per heavy atom. The van der Waals surface area contributed by atoms with Crippen LogP contribution in [0.15, 0.2) is 0 Å². The monoisotopic (exact) mass is 288 g/mol. The first-order chi connectivity index (χ1) is 10.2. The number of carbonyl (C=O) groups is 2. The molecule has 5 rings (SSSR count). The van der Waals surface area contributed by atoms with Crippen LogP contribution in [0.1, 0.15) is 45.4 Å². The van der Waals surface area contributed by atoms with Crippen molar-refractivity contribution < 1.29 is 9.59 Å². The summed E-state index contributed by atoms with van der Waals surface area (Å²) in [4.78, 5) is 29.7. The molecule has 3 saturated carbocycles. The first kappa shape index (κ1) is 12.5. The van der Waals surface area contributed by atoms with Gasteiger partial charge in [-0.15, -0.1) is 0 Å². The summed E-state index contributed by atoms with van der Waals surface area (Å²) in [6, 6.07) is 0.126. The van der Waals surface area contributed by atoms with Gasteiger partial charge in [0.05, 0.1) is 0 Å². The van der Waals surface area contributed by atoms with Crippen LogP contribution in [0, 0.1) is 23.7 Å². The third kappa shape index (κ3) is 1.42. The van der Waals surface area contributed by atoms with Crippen LogP contribution in [0.4, 0.5) is 0 Å². The predicted octanol–water partition coefficient (Wildman–Crippen LogP) is 1.64. The molecule has 0 aromatic rings. The second-order valence-corrected chi connectivity index (χ2v) is 7.84. The summed E-state index contributed by atoms with van der Waals surface area (Å²) in [6.07, 6.45) is 6.78. The minimum absolute atomic E-state index is 0.126. The van der Waals surface area contributed by atoms with Crippen molar-refractivity contribution in [2.75, 3.05) is 6.54 Å². The molecule has 0 spiro atoms. The zero-order chi connectivity index (χ0) is 14.3. The molecule has 0 aromatic carbocycles. The first-order valence-corrected chi connectivity index (χ1v) is 8.85. The van der Waals surface area contributed by atoms with Gasteiger partial charge in [0.25, 0.3) is 0 Å². The molecule has 0 radical (unpaired) electrons. The fourth-order valence-electron chi connectivity index (χ4n) is 6.30. The minimum atomic E-state index is -0.165. The molecule has 2 bridgehead atoms. The number of hydrogen-bond donors (Lipinski definition) is 0. The molecule has 21 heavy (non-hydrogen) atoms. The van der Waals surface area contributed by atoms with Gasteiger partial charge in [-0.3, -0.25) is 9.59 Å². The lowest BCUT2D eigenvalue weighted by Crippen LogP contribution is -2.63. The number of fused-ring (bicyclic) bond motifs is 6. The highest BCUT2D eigenvalue weighted by molar-refractivity contribution is 5.97. The van der Waals surface area contributed by atoms with Gasteiger partial charge in [0, 0.05) is 12.6 Å². The van der Waals surface area contributed by atoms with Crippen molar-refractivity contribution >= 4 is 11.8 Å². The lowest BCUT2D eigenvalue weighted by molar-refractivity contribution is -0.161. The normalized spacial score (nSPS) is 50.6. The molecule has 2 amide bonds. The van der Waals surface area contributed by atoms with Gasteiger partial charge in [0.2, 0.25) is 11.8 Å². The topological polar surface area (TPSA) is 40.6 Å². The fraction of sp³-hybridized carbons (Fsp3) is 0.882. The molecule has 4 nitrogen and oxygen atoms in total. The van der Waals surface area contributed by atoms with E-state index in [-0.39, 0.29) is 23.9 Å². The van der Waals surface area contributed by atoms with Crippen LogP contribution in [0.25, 0.3) is 0 Å². The van der Waals surface area contributed by atoms with Gasteiger partial charge >= 0.3 is 0 Å². The average Bonchev–Trinajstić information content (AvgIpc) is 2.93. The van der Waals surface area contributed by atoms with Crippen molar-refractivity contribution in [2.24, 2.45) is 23.7 Å². The van der Waals surface area contributed by atoms with Crippen molar-refractivity contribution in [2.45, 2.75) is 63.6 Å². The molecule has 2 saturated heterocycles. The summed E-state index contributed by atoms with van der Waals surface area (Å²) in [6.45, 7) is 2.86. The van der Waals surface area contributed by atoms with Crippen LogP contribution < -0.4 is 0 Å². The fourth-order valence-corrected chi connectivity index (χ4v) is 6.30. The van der Waals surface area contributed by atoms with Crippen LogP contribution in [-0.2, 0) is 9.59 Å². The number of piperazine rings is 1. The Kier molecular flexibility index (Phi) is 2.39. The van der Waals surface area contributed by atoms with Crippen molar-refractivity contribution in [3.8, 4) is 0 Å². The van der Waals surface area contributed by atoms with Crippen LogP contribution in [0.5, 0.6) is 0 Å². The Balaban J connectivity index is 1.47. The van der Waals surface area contributed by atoms with E-state index >= 15 is 0 Å². The van der Waals surface area contributed by atoms with Crippen LogP contribution in [-0.4, -0.2) is 46.3 Å². The van der Waals surface area contributed by atoms with Gasteiger partial charge in [-0.1, -0.05) is 6.92 Å². The number of carbonyl (C=O) groups excluding carboxylic acids is 2. The van der Waals surface area contributed by atoms with Crippen LogP contribution >= 0.6 is 0 Å². The smallest absolute Gasteiger partial charge is 0.246 e. The Morgan fingerprint density at radius 2 is 1.76 bits per heavy atom. The molecule has 3 aliphatic carbocycles. The van der Waals surface area contributed by atoms with Gasteiger partial charge in [-0.25, -0.2) is 0 Å². The van der Waals surface area contributed by atoms with Gasteiger partial charge < -0.3 is 9.80 Å². The molecule has 4 heteroatoms. The largest absolute Gasteiger partial charge is 0.329 e. The summed E-state index contributed by atoms with van der Waals surface area (Å²) < 4.78 is 0. The van der Waals surface area contributed by atoms with E-state index in [2.05, 4.69) is 11.8 Å². The lowest BCUT2D eigenvalue weighted by Gasteiger charge is -2.43. The molecule has 5 fully saturated rings. The van der Waals surface area contributed by atoms with E-state index in [9.17, 15) is 9.59 Å². The van der Waals surface area contributed by atoms with E-state index in [1.54, 1.807) is 0 Å². The Morgan fingerprint density at radius 1 is 1.05 bits per heavy atom. The highest BCUT2D eigenvalue weighted by Crippen LogP contribution is 2.67. The number of nitrogens with zero attached hydrogens (tertiary/aromatic N) is 2. The first-order valence-electron chi connectivity index (χ1n) is 8.85. The van der Waals surface area contributed by atoms with Gasteiger partial charge in [-0.05, 0) is 62.2 Å². The standard InChI is InChI=1S/C17H24N2O2/c1-2-11-16(20)18-7-3-4-12(18)17(21)19(11)15-13-9-5-6-10(8-9)14(13)15/h9-15H,2-8H2,1H3. The van der Waals surface area contributed by atoms with Crippen molar-refractivity contribution in [3.63, 3.8) is 0 Å². The molecule has 114 valence electrons. The molecule has 6 atom stereocenters. The third-order valence-electron chi connectivity index (χ3n) is 7.10. The van der Waals surface area contributed by atoms with E-state index in [1.807, 2.05) is 4.90 Å². The van der Waals surface area contributed by atoms with E-state index in [0.717, 1.165) is 49.5 Å². The number of hydrogen-bond acceptors (Lipinski definition) is 2. The second kappa shape index (κ2) is 4.02. The summed E-state index contributed by atoms with van der Waals surface area (Å²) in [7, 11) is 0. The number of rotatable bonds is 2. The summed E-state index contributed by atoms with van der Waals surface area (Å²) in [5.74, 6) is 3.69. The molecule has 6 unspecified atom stereocenters. The Bertz CT molecular complexity index is 503. The SMILES string of the molecule is CCC1C(=O)N2CCCC2C(=O)N1C1C2C3CCC(C3)C21. The third-order valence-corrected chi connectivity index (χ3v) is 7.10. The summed E-state index contributed by atoms with van der Waals surface area (Å²) in [5, 5.41) is 0. The lowest BCUT2D eigenvalue weighted by atomic mass is 9.99. The number of amides is 2. The van der Waals surface area contributed by atoms with Gasteiger partial charge in [0.1, 0.15) is 12.1 Å². The molecule has 5 aliphatic rings. The van der Waals surface area contributed by atoms with E-state index in [1.165, 1.54) is 19.3 Å². The van der Waals surface area contributed by atoms with Gasteiger partial charge in [0.15, 0.2) is 0 Å². The van der Waals surface area contributed by atoms with Crippen molar-refractivity contribution in [3.05, 3.63) is 0 Å². The maximum Gasteiger partial charge on any atom is 0.246 e. The quantitative estimate of drug-likeness (QED) is 0.775. The van der Waals surface area contributed by atoms with E-state index in [0.29, 0.717) is 6.04 Å². The Hall–Kier alpha value is -1.06. The second-order valence-electron chi connectivity index (χ2n) is 7.84. The van der Waals surface area contributed by atoms with Crippen LogP contribution in [0.3, 0.4) is 0 Å². The molecule has 2 heterocycles. The van der Waals surface area contributed by atoms with Crippen LogP contribution in [0.2, 0.25) is 0 Å². The highest BCUT2D eigenvalue weighted by Gasteiger charge is 2.69. The molecular formula is C17H24N2O2. The molecular weight excluding hydrogens is 264 g/mol. The maximum atomic E-state index is 13.0. The molecule has 0 N–H and O–H groups in total. The zero-order valence-electron chi connectivity index (χ0n) is 12.7. The highest BCUT2D eigenvalue weighted by atomic mass is 16.2.